The monoisotopic (exact) mass is 721 g/mol. The van der Waals surface area contributed by atoms with E-state index >= 15 is 0 Å². The third kappa shape index (κ3) is 7.51. The Balaban J connectivity index is 0.00000141. The van der Waals surface area contributed by atoms with E-state index in [-0.39, 0.29) is 10.8 Å². The molecule has 0 saturated heterocycles. The summed E-state index contributed by atoms with van der Waals surface area (Å²) in [4.78, 5) is 5.12. The molecule has 0 radical (unpaired) electrons. The van der Waals surface area contributed by atoms with Crippen LogP contribution in [0.25, 0.3) is 44.1 Å². The van der Waals surface area contributed by atoms with Gasteiger partial charge in [0.2, 0.25) is 0 Å². The normalized spacial score (nSPS) is 11.6. The predicted molar refractivity (Wildman–Crippen MR) is 186 cm³/mol. The van der Waals surface area contributed by atoms with E-state index in [2.05, 4.69) is 109 Å². The van der Waals surface area contributed by atoms with Gasteiger partial charge in [-0.1, -0.05) is 102 Å². The number of phenols is 2. The summed E-state index contributed by atoms with van der Waals surface area (Å²) in [6.45, 7) is 16.9. The van der Waals surface area contributed by atoms with Gasteiger partial charge in [-0.2, -0.15) is 0 Å². The maximum absolute atomic E-state index is 11.4. The summed E-state index contributed by atoms with van der Waals surface area (Å²) in [6, 6.07) is 24.6. The van der Waals surface area contributed by atoms with E-state index in [0.717, 1.165) is 66.3 Å². The van der Waals surface area contributed by atoms with Gasteiger partial charge >= 0.3 is 37.9 Å². The van der Waals surface area contributed by atoms with Gasteiger partial charge in [-0.05, 0) is 59.1 Å². The number of aromatic nitrogens is 1. The number of aromatic hydroxyl groups is 2. The molecule has 0 aliphatic rings. The first kappa shape index (κ1) is 34.4. The minimum atomic E-state index is -0.826. The van der Waals surface area contributed by atoms with Gasteiger partial charge in [0.15, 0.2) is 0 Å². The number of phenolic OH excluding ortho intramolecular Hbond substituents is 2. The Morgan fingerprint density at radius 1 is 0.614 bits per heavy atom. The molecule has 0 atom stereocenters. The van der Waals surface area contributed by atoms with Crippen molar-refractivity contribution in [1.29, 1.82) is 0 Å². The van der Waals surface area contributed by atoms with Crippen molar-refractivity contribution >= 4 is 28.4 Å². The molecule has 228 valence electrons. The van der Waals surface area contributed by atoms with Crippen LogP contribution in [-0.2, 0) is 31.7 Å². The van der Waals surface area contributed by atoms with E-state index in [4.69, 9.17) is 22.0 Å². The topological polar surface area (TPSA) is 53.4 Å². The van der Waals surface area contributed by atoms with Crippen molar-refractivity contribution in [2.24, 2.45) is 0 Å². The summed E-state index contributed by atoms with van der Waals surface area (Å²) in [5.74, 6) is 0.642. The second kappa shape index (κ2) is 13.9. The number of benzene rings is 4. The number of thiazole rings is 1. The second-order valence-corrected chi connectivity index (χ2v) is 17.7. The Labute approximate surface area is 284 Å². The molecule has 0 bridgehead atoms. The molecule has 5 aromatic rings. The van der Waals surface area contributed by atoms with Gasteiger partial charge in [-0.3, -0.25) is 0 Å². The second-order valence-electron chi connectivity index (χ2n) is 13.1. The zero-order valence-corrected chi connectivity index (χ0v) is 31.3. The van der Waals surface area contributed by atoms with Crippen LogP contribution in [0.4, 0.5) is 0 Å². The van der Waals surface area contributed by atoms with Crippen LogP contribution < -0.4 is 0 Å². The fourth-order valence-electron chi connectivity index (χ4n) is 5.48. The molecule has 2 N–H and O–H groups in total. The van der Waals surface area contributed by atoms with Crippen LogP contribution in [0.5, 0.6) is 11.5 Å². The molecular weight excluding hydrogens is 685 g/mol. The average molecular weight is 724 g/mol. The van der Waals surface area contributed by atoms with Gasteiger partial charge in [-0.15, -0.1) is 11.3 Å². The van der Waals surface area contributed by atoms with E-state index in [1.807, 2.05) is 24.3 Å². The van der Waals surface area contributed by atoms with E-state index in [1.54, 1.807) is 11.3 Å². The molecule has 0 amide bonds. The van der Waals surface area contributed by atoms with Gasteiger partial charge in [0, 0.05) is 38.8 Å². The molecule has 5 rings (SSSR count). The van der Waals surface area contributed by atoms with Gasteiger partial charge in [0.25, 0.3) is 0 Å². The zero-order valence-electron chi connectivity index (χ0n) is 26.5. The van der Waals surface area contributed by atoms with Gasteiger partial charge in [0.05, 0.1) is 5.69 Å². The number of hydrogen-bond acceptors (Lipinski definition) is 4. The number of rotatable bonds is 4. The summed E-state index contributed by atoms with van der Waals surface area (Å²) in [5.41, 5.74) is 10.1. The van der Waals surface area contributed by atoms with Crippen LogP contribution in [-0.4, -0.2) is 15.2 Å². The zero-order chi connectivity index (χ0) is 32.4. The molecule has 7 heteroatoms. The van der Waals surface area contributed by atoms with Crippen LogP contribution >= 0.6 is 28.4 Å². The van der Waals surface area contributed by atoms with Gasteiger partial charge in [-0.25, -0.2) is 4.98 Å². The van der Waals surface area contributed by atoms with E-state index < -0.39 is 20.8 Å². The summed E-state index contributed by atoms with van der Waals surface area (Å²) in [7, 11) is 9.87. The van der Waals surface area contributed by atoms with Crippen LogP contribution in [0.3, 0.4) is 0 Å². The van der Waals surface area contributed by atoms with Crippen LogP contribution in [0.15, 0.2) is 78.2 Å². The van der Waals surface area contributed by atoms with E-state index in [9.17, 15) is 10.2 Å². The van der Waals surface area contributed by atoms with E-state index in [1.165, 1.54) is 0 Å². The van der Waals surface area contributed by atoms with Crippen molar-refractivity contribution < 1.29 is 31.1 Å². The standard InChI is InChI=1S/C37H39NO2S.2ClH.Zr/c1-22-17-28(33(39)30(19-22)36(3,4)5)24-13-9-11-15-26(24)32-21-41-35(38-32)27-16-12-10-14-25(27)29-18-23(2)20-31(34(29)40)37(6,7)8;;;/h9-21,39-40H,1-8H3;2*1H;/q;;;+2/p-2. The van der Waals surface area contributed by atoms with E-state index in [0.29, 0.717) is 11.5 Å². The SMILES string of the molecule is Cc1cc(-c2ccccc2-c2csc(-c3ccccc3-c3cc(C)cc(C(C)(C)C)c3O)n2)c(O)c(C(C)(C)C)c1.[Cl][Zr][Cl]. The molecule has 0 saturated carbocycles. The molecule has 0 spiro atoms. The first-order valence-corrected chi connectivity index (χ1v) is 21.7. The Morgan fingerprint density at radius 3 is 1.43 bits per heavy atom. The fraction of sp³-hybridized carbons (Fsp3) is 0.270. The summed E-state index contributed by atoms with van der Waals surface area (Å²) < 4.78 is 0. The summed E-state index contributed by atoms with van der Waals surface area (Å²) in [6.07, 6.45) is 0. The molecule has 0 unspecified atom stereocenters. The van der Waals surface area contributed by atoms with Crippen molar-refractivity contribution in [2.45, 2.75) is 66.2 Å². The molecule has 1 aromatic heterocycles. The Bertz CT molecular complexity index is 1660. The summed E-state index contributed by atoms with van der Waals surface area (Å²) >= 11 is 0.764. The Morgan fingerprint density at radius 2 is 1.00 bits per heavy atom. The molecule has 0 aliphatic carbocycles. The minimum absolute atomic E-state index is 0.188. The van der Waals surface area contributed by atoms with Crippen LogP contribution in [0, 0.1) is 13.8 Å². The van der Waals surface area contributed by atoms with Crippen molar-refractivity contribution in [2.75, 3.05) is 0 Å². The van der Waals surface area contributed by atoms with Crippen LogP contribution in [0.2, 0.25) is 0 Å². The molecule has 0 fully saturated rings. The third-order valence-electron chi connectivity index (χ3n) is 7.57. The average Bonchev–Trinajstić information content (AvgIpc) is 3.44. The Kier molecular flexibility index (Phi) is 10.9. The van der Waals surface area contributed by atoms with Gasteiger partial charge < -0.3 is 10.2 Å². The number of halogens is 2. The fourth-order valence-corrected chi connectivity index (χ4v) is 6.34. The van der Waals surface area contributed by atoms with Crippen molar-refractivity contribution in [3.8, 4) is 55.6 Å². The van der Waals surface area contributed by atoms with Crippen molar-refractivity contribution in [3.05, 3.63) is 100 Å². The molecule has 44 heavy (non-hydrogen) atoms. The van der Waals surface area contributed by atoms with Crippen LogP contribution in [0.1, 0.15) is 63.8 Å². The number of aryl methyl sites for hydroxylation is 2. The summed E-state index contributed by atoms with van der Waals surface area (Å²) in [5, 5.41) is 25.8. The first-order chi connectivity index (χ1) is 20.7. The molecular formula is C37H39Cl2NO2SZr. The predicted octanol–water partition coefficient (Wildman–Crippen LogP) is 11.8. The maximum atomic E-state index is 11.4. The molecule has 0 aliphatic heterocycles. The number of hydrogen-bond donors (Lipinski definition) is 2. The number of nitrogens with zero attached hydrogens (tertiary/aromatic N) is 1. The third-order valence-corrected chi connectivity index (χ3v) is 8.45. The Hall–Kier alpha value is -2.43. The van der Waals surface area contributed by atoms with Crippen molar-refractivity contribution in [3.63, 3.8) is 0 Å². The molecule has 1 heterocycles. The molecule has 3 nitrogen and oxygen atoms in total. The molecule has 4 aromatic carbocycles. The quantitative estimate of drug-likeness (QED) is 0.194. The first-order valence-electron chi connectivity index (χ1n) is 14.5. The van der Waals surface area contributed by atoms with Gasteiger partial charge in [0.1, 0.15) is 16.5 Å². The van der Waals surface area contributed by atoms with Crippen molar-refractivity contribution in [1.82, 2.24) is 4.98 Å².